The monoisotopic (exact) mass is 316 g/mol. The maximum atomic E-state index is 12.4. The van der Waals surface area contributed by atoms with Crippen LogP contribution in [0.5, 0.6) is 5.75 Å². The maximum Gasteiger partial charge on any atom is 0.260 e. The van der Waals surface area contributed by atoms with Crippen LogP contribution in [0.1, 0.15) is 5.82 Å². The van der Waals surface area contributed by atoms with Gasteiger partial charge >= 0.3 is 0 Å². The van der Waals surface area contributed by atoms with Crippen molar-refractivity contribution in [2.75, 3.05) is 20.8 Å². The van der Waals surface area contributed by atoms with Gasteiger partial charge in [0, 0.05) is 24.5 Å². The molecule has 114 valence electrons. The molecule has 5 nitrogen and oxygen atoms in total. The summed E-state index contributed by atoms with van der Waals surface area (Å²) < 4.78 is 10.3. The van der Waals surface area contributed by atoms with E-state index in [1.165, 1.54) is 11.3 Å². The van der Waals surface area contributed by atoms with Crippen molar-refractivity contribution in [2.45, 2.75) is 6.42 Å². The van der Waals surface area contributed by atoms with Crippen LogP contribution < -0.4 is 10.3 Å². The van der Waals surface area contributed by atoms with Gasteiger partial charge in [-0.15, -0.1) is 11.3 Å². The molecule has 2 heterocycles. The summed E-state index contributed by atoms with van der Waals surface area (Å²) in [6.45, 7) is 0.530. The molecular formula is C16H16N2O3S. The van der Waals surface area contributed by atoms with Gasteiger partial charge in [-0.05, 0) is 17.7 Å². The van der Waals surface area contributed by atoms with Gasteiger partial charge in [0.1, 0.15) is 16.4 Å². The fourth-order valence-electron chi connectivity index (χ4n) is 2.31. The number of ether oxygens (including phenoxy) is 2. The van der Waals surface area contributed by atoms with Crippen molar-refractivity contribution in [1.29, 1.82) is 0 Å². The number of nitrogens with one attached hydrogen (secondary N) is 1. The number of methoxy groups -OCH3 is 2. The number of fused-ring (bicyclic) bond motifs is 1. The molecule has 2 aromatic heterocycles. The number of thiophene rings is 1. The van der Waals surface area contributed by atoms with E-state index >= 15 is 0 Å². The summed E-state index contributed by atoms with van der Waals surface area (Å²) in [4.78, 5) is 20.5. The fraction of sp³-hybridized carbons (Fsp3) is 0.250. The third-order valence-corrected chi connectivity index (χ3v) is 4.29. The molecule has 0 spiro atoms. The number of hydrogen-bond acceptors (Lipinski definition) is 5. The first-order chi connectivity index (χ1) is 10.7. The lowest BCUT2D eigenvalue weighted by molar-refractivity contribution is 0.200. The summed E-state index contributed by atoms with van der Waals surface area (Å²) in [6.07, 6.45) is 0.591. The zero-order valence-corrected chi connectivity index (χ0v) is 13.2. The Bertz CT molecular complexity index is 854. The Morgan fingerprint density at radius 2 is 2.18 bits per heavy atom. The molecule has 1 aromatic carbocycles. The SMILES string of the molecule is COCCc1nc2scc(-c3cccc(OC)c3)c2c(=O)[nH]1. The molecule has 0 saturated carbocycles. The molecular weight excluding hydrogens is 300 g/mol. The summed E-state index contributed by atoms with van der Waals surface area (Å²) in [5.74, 6) is 1.41. The lowest BCUT2D eigenvalue weighted by Gasteiger charge is -2.04. The van der Waals surface area contributed by atoms with E-state index in [4.69, 9.17) is 9.47 Å². The molecule has 3 rings (SSSR count). The van der Waals surface area contributed by atoms with Crippen molar-refractivity contribution in [3.8, 4) is 16.9 Å². The van der Waals surface area contributed by atoms with Gasteiger partial charge in [0.2, 0.25) is 0 Å². The van der Waals surface area contributed by atoms with Crippen molar-refractivity contribution in [1.82, 2.24) is 9.97 Å². The van der Waals surface area contributed by atoms with Gasteiger partial charge in [-0.1, -0.05) is 12.1 Å². The molecule has 0 aliphatic rings. The highest BCUT2D eigenvalue weighted by Crippen LogP contribution is 2.32. The summed E-state index contributed by atoms with van der Waals surface area (Å²) in [7, 11) is 3.25. The van der Waals surface area contributed by atoms with Crippen LogP contribution in [0, 0.1) is 0 Å². The van der Waals surface area contributed by atoms with Gasteiger partial charge in [-0.2, -0.15) is 0 Å². The van der Waals surface area contributed by atoms with Gasteiger partial charge in [0.25, 0.3) is 5.56 Å². The van der Waals surface area contributed by atoms with Crippen molar-refractivity contribution in [3.63, 3.8) is 0 Å². The van der Waals surface area contributed by atoms with E-state index in [1.807, 2.05) is 29.6 Å². The minimum Gasteiger partial charge on any atom is -0.497 e. The number of H-pyrrole nitrogens is 1. The minimum absolute atomic E-state index is 0.116. The largest absolute Gasteiger partial charge is 0.497 e. The maximum absolute atomic E-state index is 12.4. The summed E-state index contributed by atoms with van der Waals surface area (Å²) in [6, 6.07) is 7.66. The van der Waals surface area contributed by atoms with Crippen LogP contribution in [0.25, 0.3) is 21.3 Å². The number of aromatic amines is 1. The molecule has 0 amide bonds. The summed E-state index contributed by atoms with van der Waals surface area (Å²) in [5, 5.41) is 2.58. The average Bonchev–Trinajstić information content (AvgIpc) is 2.97. The Morgan fingerprint density at radius 1 is 1.32 bits per heavy atom. The lowest BCUT2D eigenvalue weighted by atomic mass is 10.1. The third kappa shape index (κ3) is 2.75. The van der Waals surface area contributed by atoms with Gasteiger partial charge in [0.05, 0.1) is 19.1 Å². The Morgan fingerprint density at radius 3 is 2.95 bits per heavy atom. The zero-order chi connectivity index (χ0) is 15.5. The van der Waals surface area contributed by atoms with Gasteiger partial charge in [-0.25, -0.2) is 4.98 Å². The number of nitrogens with zero attached hydrogens (tertiary/aromatic N) is 1. The Hall–Kier alpha value is -2.18. The summed E-state index contributed by atoms with van der Waals surface area (Å²) >= 11 is 1.47. The van der Waals surface area contributed by atoms with Crippen molar-refractivity contribution in [3.05, 3.63) is 45.8 Å². The molecule has 0 aliphatic carbocycles. The third-order valence-electron chi connectivity index (χ3n) is 3.42. The molecule has 0 radical (unpaired) electrons. The molecule has 0 bridgehead atoms. The number of rotatable bonds is 5. The second-order valence-electron chi connectivity index (χ2n) is 4.82. The molecule has 22 heavy (non-hydrogen) atoms. The summed E-state index contributed by atoms with van der Waals surface area (Å²) in [5.41, 5.74) is 1.71. The van der Waals surface area contributed by atoms with Crippen LogP contribution in [-0.4, -0.2) is 30.8 Å². The van der Waals surface area contributed by atoms with Crippen LogP contribution in [0.2, 0.25) is 0 Å². The molecule has 3 aromatic rings. The second-order valence-corrected chi connectivity index (χ2v) is 5.68. The van der Waals surface area contributed by atoms with Gasteiger partial charge in [0.15, 0.2) is 0 Å². The van der Waals surface area contributed by atoms with Crippen LogP contribution in [0.3, 0.4) is 0 Å². The number of aromatic nitrogens is 2. The standard InChI is InChI=1S/C16H16N2O3S/c1-20-7-6-13-17-15(19)14-12(9-22-16(14)18-13)10-4-3-5-11(8-10)21-2/h3-5,8-9H,6-7H2,1-2H3,(H,17,18,19). The fourth-order valence-corrected chi connectivity index (χ4v) is 3.28. The highest BCUT2D eigenvalue weighted by Gasteiger charge is 2.13. The lowest BCUT2D eigenvalue weighted by Crippen LogP contribution is -2.12. The molecule has 0 aliphatic heterocycles. The number of benzene rings is 1. The van der Waals surface area contributed by atoms with E-state index in [1.54, 1.807) is 14.2 Å². The van der Waals surface area contributed by atoms with Gasteiger partial charge in [-0.3, -0.25) is 4.79 Å². The molecule has 0 atom stereocenters. The first kappa shape index (κ1) is 14.7. The Balaban J connectivity index is 2.10. The molecule has 0 saturated heterocycles. The zero-order valence-electron chi connectivity index (χ0n) is 12.4. The van der Waals surface area contributed by atoms with Crippen molar-refractivity contribution < 1.29 is 9.47 Å². The molecule has 0 fully saturated rings. The Kier molecular flexibility index (Phi) is 4.22. The van der Waals surface area contributed by atoms with Crippen molar-refractivity contribution in [2.24, 2.45) is 0 Å². The van der Waals surface area contributed by atoms with Crippen molar-refractivity contribution >= 4 is 21.6 Å². The van der Waals surface area contributed by atoms with E-state index in [9.17, 15) is 4.79 Å². The first-order valence-corrected chi connectivity index (χ1v) is 7.74. The van der Waals surface area contributed by atoms with E-state index < -0.39 is 0 Å². The average molecular weight is 316 g/mol. The molecule has 6 heteroatoms. The van der Waals surface area contributed by atoms with E-state index in [0.29, 0.717) is 24.2 Å². The predicted octanol–water partition coefficient (Wildman–Crippen LogP) is 2.85. The highest BCUT2D eigenvalue weighted by molar-refractivity contribution is 7.17. The predicted molar refractivity (Wildman–Crippen MR) is 87.8 cm³/mol. The van der Waals surface area contributed by atoms with E-state index in [2.05, 4.69) is 9.97 Å². The smallest absolute Gasteiger partial charge is 0.260 e. The Labute approximate surface area is 131 Å². The molecule has 0 unspecified atom stereocenters. The molecule has 1 N–H and O–H groups in total. The van der Waals surface area contributed by atoms with Crippen LogP contribution in [-0.2, 0) is 11.2 Å². The minimum atomic E-state index is -0.116. The normalized spacial score (nSPS) is 11.0. The van der Waals surface area contributed by atoms with Gasteiger partial charge < -0.3 is 14.5 Å². The van der Waals surface area contributed by atoms with Crippen LogP contribution in [0.4, 0.5) is 0 Å². The number of hydrogen-bond donors (Lipinski definition) is 1. The highest BCUT2D eigenvalue weighted by atomic mass is 32.1. The van der Waals surface area contributed by atoms with E-state index in [-0.39, 0.29) is 5.56 Å². The van der Waals surface area contributed by atoms with E-state index in [0.717, 1.165) is 21.7 Å². The topological polar surface area (TPSA) is 64.2 Å². The second kappa shape index (κ2) is 6.29. The van der Waals surface area contributed by atoms with Crippen LogP contribution >= 0.6 is 11.3 Å². The van der Waals surface area contributed by atoms with Crippen LogP contribution in [0.15, 0.2) is 34.4 Å². The quantitative estimate of drug-likeness (QED) is 0.786. The first-order valence-electron chi connectivity index (χ1n) is 6.86.